The zero-order valence-electron chi connectivity index (χ0n) is 9.97. The minimum absolute atomic E-state index is 0.780. The molecular formula is C13H15N3S. The second-order valence-corrected chi connectivity index (χ2v) is 4.88. The van der Waals surface area contributed by atoms with Gasteiger partial charge in [0.05, 0.1) is 0 Å². The van der Waals surface area contributed by atoms with Gasteiger partial charge in [-0.1, -0.05) is 18.7 Å². The molecule has 4 heteroatoms. The van der Waals surface area contributed by atoms with Crippen LogP contribution >= 0.6 is 11.8 Å². The van der Waals surface area contributed by atoms with Crippen molar-refractivity contribution in [2.75, 3.05) is 5.73 Å². The molecule has 1 aromatic carbocycles. The van der Waals surface area contributed by atoms with Crippen LogP contribution in [0, 0.1) is 6.92 Å². The summed E-state index contributed by atoms with van der Waals surface area (Å²) in [6.07, 6.45) is 0.858. The van der Waals surface area contributed by atoms with Crippen molar-refractivity contribution in [2.24, 2.45) is 0 Å². The van der Waals surface area contributed by atoms with Crippen LogP contribution < -0.4 is 5.73 Å². The quantitative estimate of drug-likeness (QED) is 0.667. The van der Waals surface area contributed by atoms with E-state index < -0.39 is 0 Å². The van der Waals surface area contributed by atoms with Gasteiger partial charge in [0.25, 0.3) is 0 Å². The zero-order chi connectivity index (χ0) is 12.3. The third kappa shape index (κ3) is 3.20. The van der Waals surface area contributed by atoms with Crippen molar-refractivity contribution < 1.29 is 0 Å². The van der Waals surface area contributed by atoms with E-state index in [4.69, 9.17) is 5.73 Å². The van der Waals surface area contributed by atoms with Gasteiger partial charge < -0.3 is 5.73 Å². The lowest BCUT2D eigenvalue weighted by Crippen LogP contribution is -1.96. The molecule has 0 aliphatic heterocycles. The number of hydrogen-bond acceptors (Lipinski definition) is 4. The summed E-state index contributed by atoms with van der Waals surface area (Å²) in [5, 5.41) is 0.985. The largest absolute Gasteiger partial charge is 0.399 e. The predicted octanol–water partition coefficient (Wildman–Crippen LogP) is 3.08. The first-order valence-electron chi connectivity index (χ1n) is 5.55. The Morgan fingerprint density at radius 2 is 1.88 bits per heavy atom. The van der Waals surface area contributed by atoms with E-state index >= 15 is 0 Å². The normalized spacial score (nSPS) is 10.5. The maximum absolute atomic E-state index is 5.65. The highest BCUT2D eigenvalue weighted by Gasteiger charge is 2.03. The summed E-state index contributed by atoms with van der Waals surface area (Å²) in [4.78, 5) is 9.99. The minimum atomic E-state index is 0.780. The van der Waals surface area contributed by atoms with Crippen LogP contribution in [0.1, 0.15) is 18.4 Å². The van der Waals surface area contributed by atoms with Crippen molar-refractivity contribution in [1.29, 1.82) is 0 Å². The summed E-state index contributed by atoms with van der Waals surface area (Å²) in [5.41, 5.74) is 7.44. The molecule has 0 bridgehead atoms. The SMILES string of the molecule is CCc1nc(C)cc(Sc2ccc(N)cc2)n1. The lowest BCUT2D eigenvalue weighted by molar-refractivity contribution is 0.868. The number of nitrogens with two attached hydrogens (primary N) is 1. The van der Waals surface area contributed by atoms with Gasteiger partial charge in [-0.2, -0.15) is 0 Å². The molecule has 0 unspecified atom stereocenters. The molecule has 1 aromatic heterocycles. The maximum Gasteiger partial charge on any atom is 0.129 e. The van der Waals surface area contributed by atoms with Crippen LogP contribution in [0.4, 0.5) is 5.69 Å². The molecular weight excluding hydrogens is 230 g/mol. The smallest absolute Gasteiger partial charge is 0.129 e. The summed E-state index contributed by atoms with van der Waals surface area (Å²) in [5.74, 6) is 0.892. The van der Waals surface area contributed by atoms with Crippen molar-refractivity contribution in [3.05, 3.63) is 41.9 Å². The first-order valence-corrected chi connectivity index (χ1v) is 6.37. The fourth-order valence-corrected chi connectivity index (χ4v) is 2.36. The molecule has 17 heavy (non-hydrogen) atoms. The summed E-state index contributed by atoms with van der Waals surface area (Å²) in [6, 6.07) is 9.81. The molecule has 0 fully saturated rings. The molecule has 0 atom stereocenters. The van der Waals surface area contributed by atoms with Gasteiger partial charge in [-0.15, -0.1) is 0 Å². The average Bonchev–Trinajstić information content (AvgIpc) is 2.31. The fourth-order valence-electron chi connectivity index (χ4n) is 1.47. The first-order chi connectivity index (χ1) is 8.17. The van der Waals surface area contributed by atoms with Crippen molar-refractivity contribution in [2.45, 2.75) is 30.2 Å². The Balaban J connectivity index is 2.23. The third-order valence-corrected chi connectivity index (χ3v) is 3.22. The molecule has 0 radical (unpaired) electrons. The number of hydrogen-bond donors (Lipinski definition) is 1. The number of aryl methyl sites for hydroxylation is 2. The molecule has 0 aliphatic carbocycles. The fraction of sp³-hybridized carbons (Fsp3) is 0.231. The molecule has 1 heterocycles. The van der Waals surface area contributed by atoms with Crippen LogP contribution in [0.15, 0.2) is 40.3 Å². The molecule has 0 saturated heterocycles. The Hall–Kier alpha value is -1.55. The van der Waals surface area contributed by atoms with Gasteiger partial charge in [-0.05, 0) is 37.3 Å². The Labute approximate surface area is 105 Å². The molecule has 0 amide bonds. The highest BCUT2D eigenvalue weighted by atomic mass is 32.2. The van der Waals surface area contributed by atoms with E-state index in [-0.39, 0.29) is 0 Å². The zero-order valence-corrected chi connectivity index (χ0v) is 10.8. The van der Waals surface area contributed by atoms with Gasteiger partial charge >= 0.3 is 0 Å². The number of aromatic nitrogens is 2. The molecule has 2 rings (SSSR count). The van der Waals surface area contributed by atoms with Crippen molar-refractivity contribution in [3.8, 4) is 0 Å². The van der Waals surface area contributed by atoms with E-state index in [1.165, 1.54) is 0 Å². The molecule has 3 nitrogen and oxygen atoms in total. The number of rotatable bonds is 3. The standard InChI is InChI=1S/C13H15N3S/c1-3-12-15-9(2)8-13(16-12)17-11-6-4-10(14)5-7-11/h4-8H,3,14H2,1-2H3. The van der Waals surface area contributed by atoms with E-state index in [1.807, 2.05) is 37.3 Å². The van der Waals surface area contributed by atoms with Gasteiger partial charge in [0.2, 0.25) is 0 Å². The molecule has 0 spiro atoms. The lowest BCUT2D eigenvalue weighted by atomic mass is 10.3. The van der Waals surface area contributed by atoms with E-state index in [9.17, 15) is 0 Å². The predicted molar refractivity (Wildman–Crippen MR) is 71.1 cm³/mol. The Bertz CT molecular complexity index is 509. The summed E-state index contributed by atoms with van der Waals surface area (Å²) in [6.45, 7) is 4.06. The summed E-state index contributed by atoms with van der Waals surface area (Å²) >= 11 is 1.63. The van der Waals surface area contributed by atoms with Gasteiger partial charge in [-0.3, -0.25) is 0 Å². The van der Waals surface area contributed by atoms with Crippen LogP contribution in [0.2, 0.25) is 0 Å². The van der Waals surface area contributed by atoms with E-state index in [0.29, 0.717) is 0 Å². The second-order valence-electron chi connectivity index (χ2n) is 3.79. The maximum atomic E-state index is 5.65. The third-order valence-electron chi connectivity index (χ3n) is 2.30. The Kier molecular flexibility index (Phi) is 3.64. The Morgan fingerprint density at radius 1 is 1.18 bits per heavy atom. The van der Waals surface area contributed by atoms with Crippen LogP contribution in [-0.4, -0.2) is 9.97 Å². The Morgan fingerprint density at radius 3 is 2.53 bits per heavy atom. The van der Waals surface area contributed by atoms with E-state index in [1.54, 1.807) is 11.8 Å². The first kappa shape index (κ1) is 11.9. The molecule has 0 aliphatic rings. The highest BCUT2D eigenvalue weighted by molar-refractivity contribution is 7.99. The summed E-state index contributed by atoms with van der Waals surface area (Å²) in [7, 11) is 0. The van der Waals surface area contributed by atoms with Crippen LogP contribution in [0.3, 0.4) is 0 Å². The topological polar surface area (TPSA) is 51.8 Å². The average molecular weight is 245 g/mol. The highest BCUT2D eigenvalue weighted by Crippen LogP contribution is 2.26. The number of nitrogens with zero attached hydrogens (tertiary/aromatic N) is 2. The minimum Gasteiger partial charge on any atom is -0.399 e. The molecule has 0 saturated carbocycles. The van der Waals surface area contributed by atoms with Gasteiger partial charge in [0.15, 0.2) is 0 Å². The molecule has 2 N–H and O–H groups in total. The number of nitrogen functional groups attached to an aromatic ring is 1. The number of benzene rings is 1. The van der Waals surface area contributed by atoms with Crippen molar-refractivity contribution in [3.63, 3.8) is 0 Å². The van der Waals surface area contributed by atoms with Crippen LogP contribution in [0.25, 0.3) is 0 Å². The molecule has 2 aromatic rings. The monoisotopic (exact) mass is 245 g/mol. The van der Waals surface area contributed by atoms with Crippen LogP contribution in [0.5, 0.6) is 0 Å². The second kappa shape index (κ2) is 5.19. The van der Waals surface area contributed by atoms with E-state index in [2.05, 4.69) is 16.9 Å². The van der Waals surface area contributed by atoms with Crippen LogP contribution in [-0.2, 0) is 6.42 Å². The van der Waals surface area contributed by atoms with Crippen molar-refractivity contribution in [1.82, 2.24) is 9.97 Å². The summed E-state index contributed by atoms with van der Waals surface area (Å²) < 4.78 is 0. The number of anilines is 1. The van der Waals surface area contributed by atoms with Gasteiger partial charge in [0, 0.05) is 22.7 Å². The van der Waals surface area contributed by atoms with Crippen molar-refractivity contribution >= 4 is 17.4 Å². The lowest BCUT2D eigenvalue weighted by Gasteiger charge is -2.04. The molecule has 88 valence electrons. The van der Waals surface area contributed by atoms with Gasteiger partial charge in [0.1, 0.15) is 10.9 Å². The van der Waals surface area contributed by atoms with E-state index in [0.717, 1.165) is 33.5 Å². The van der Waals surface area contributed by atoms with Gasteiger partial charge in [-0.25, -0.2) is 9.97 Å².